The van der Waals surface area contributed by atoms with Crippen molar-refractivity contribution in [1.29, 1.82) is 0 Å². The van der Waals surface area contributed by atoms with Crippen LogP contribution in [0.4, 0.5) is 0 Å². The number of aryl methyl sites for hydroxylation is 1. The predicted octanol–water partition coefficient (Wildman–Crippen LogP) is 2.13. The quantitative estimate of drug-likeness (QED) is 0.845. The van der Waals surface area contributed by atoms with E-state index in [0.29, 0.717) is 6.54 Å². The molecule has 0 bridgehead atoms. The average molecular weight is 340 g/mol. The van der Waals surface area contributed by atoms with Gasteiger partial charge in [0.25, 0.3) is 5.91 Å². The number of carbonyl (C=O) groups is 1. The summed E-state index contributed by atoms with van der Waals surface area (Å²) >= 11 is 0. The van der Waals surface area contributed by atoms with Crippen LogP contribution in [0.25, 0.3) is 0 Å². The Morgan fingerprint density at radius 3 is 2.80 bits per heavy atom. The average Bonchev–Trinajstić information content (AvgIpc) is 3.36. The van der Waals surface area contributed by atoms with Crippen molar-refractivity contribution in [1.82, 2.24) is 20.1 Å². The van der Waals surface area contributed by atoms with E-state index in [1.165, 1.54) is 37.4 Å². The molecular formula is C19H24N4O2. The third-order valence-corrected chi connectivity index (χ3v) is 5.60. The molecule has 0 radical (unpaired) electrons. The van der Waals surface area contributed by atoms with Crippen molar-refractivity contribution < 1.29 is 4.79 Å². The molecule has 2 fully saturated rings. The van der Waals surface area contributed by atoms with Crippen LogP contribution in [0.3, 0.4) is 0 Å². The number of H-pyrrole nitrogens is 1. The number of amides is 1. The summed E-state index contributed by atoms with van der Waals surface area (Å²) in [6.45, 7) is 0.623. The van der Waals surface area contributed by atoms with Crippen molar-refractivity contribution in [2.24, 2.45) is 12.5 Å². The van der Waals surface area contributed by atoms with Gasteiger partial charge in [-0.15, -0.1) is 5.10 Å². The lowest BCUT2D eigenvalue weighted by molar-refractivity contribution is 0.0850. The molecule has 2 aliphatic rings. The standard InChI is InChI=1S/C19H24N4O2/c1-23-18(25)21-16(22-23)17(24)20-12-19(8-3-9-19)11-13-4-2-5-15(10-13)14-6-7-14/h2,4-5,10,14H,3,6-9,11-12H2,1H3,(H,20,24)(H,21,22,25). The number of nitrogens with one attached hydrogen (secondary N) is 2. The zero-order chi connectivity index (χ0) is 17.4. The van der Waals surface area contributed by atoms with Gasteiger partial charge in [0.1, 0.15) is 0 Å². The molecule has 0 unspecified atom stereocenters. The number of aromatic nitrogens is 3. The minimum atomic E-state index is -0.375. The van der Waals surface area contributed by atoms with Crippen molar-refractivity contribution >= 4 is 5.91 Å². The molecule has 132 valence electrons. The van der Waals surface area contributed by atoms with Crippen LogP contribution < -0.4 is 11.0 Å². The molecule has 1 heterocycles. The maximum atomic E-state index is 12.2. The van der Waals surface area contributed by atoms with Crippen LogP contribution in [0.2, 0.25) is 0 Å². The van der Waals surface area contributed by atoms with Gasteiger partial charge >= 0.3 is 5.69 Å². The van der Waals surface area contributed by atoms with Crippen molar-refractivity contribution in [3.05, 3.63) is 51.7 Å². The van der Waals surface area contributed by atoms with E-state index in [9.17, 15) is 9.59 Å². The highest BCUT2D eigenvalue weighted by molar-refractivity contribution is 5.90. The Morgan fingerprint density at radius 2 is 2.20 bits per heavy atom. The van der Waals surface area contributed by atoms with Gasteiger partial charge in [0.2, 0.25) is 5.82 Å². The Balaban J connectivity index is 1.41. The second-order valence-corrected chi connectivity index (χ2v) is 7.63. The Morgan fingerprint density at radius 1 is 1.40 bits per heavy atom. The molecule has 2 N–H and O–H groups in total. The van der Waals surface area contributed by atoms with Crippen LogP contribution in [0.5, 0.6) is 0 Å². The summed E-state index contributed by atoms with van der Waals surface area (Å²) in [5.41, 5.74) is 2.58. The molecule has 2 aromatic rings. The molecular weight excluding hydrogens is 316 g/mol. The maximum Gasteiger partial charge on any atom is 0.343 e. The third kappa shape index (κ3) is 3.38. The first-order chi connectivity index (χ1) is 12.0. The highest BCUT2D eigenvalue weighted by atomic mass is 16.2. The molecule has 25 heavy (non-hydrogen) atoms. The minimum Gasteiger partial charge on any atom is -0.349 e. The van der Waals surface area contributed by atoms with E-state index in [1.54, 1.807) is 0 Å². The molecule has 2 aliphatic carbocycles. The van der Waals surface area contributed by atoms with Gasteiger partial charge < -0.3 is 5.32 Å². The lowest BCUT2D eigenvalue weighted by atomic mass is 9.65. The maximum absolute atomic E-state index is 12.2. The van der Waals surface area contributed by atoms with Gasteiger partial charge in [0, 0.05) is 13.6 Å². The fourth-order valence-corrected chi connectivity index (χ4v) is 3.76. The number of nitrogens with zero attached hydrogens (tertiary/aromatic N) is 2. The second kappa shape index (κ2) is 6.17. The van der Waals surface area contributed by atoms with Gasteiger partial charge in [-0.05, 0) is 54.6 Å². The minimum absolute atomic E-state index is 0.0812. The summed E-state index contributed by atoms with van der Waals surface area (Å²) < 4.78 is 1.14. The van der Waals surface area contributed by atoms with Crippen LogP contribution in [0, 0.1) is 5.41 Å². The van der Waals surface area contributed by atoms with E-state index >= 15 is 0 Å². The van der Waals surface area contributed by atoms with Gasteiger partial charge in [-0.3, -0.25) is 9.78 Å². The van der Waals surface area contributed by atoms with Crippen LogP contribution in [0.15, 0.2) is 29.1 Å². The molecule has 6 heteroatoms. The molecule has 6 nitrogen and oxygen atoms in total. The van der Waals surface area contributed by atoms with Crippen molar-refractivity contribution in [2.45, 2.75) is 44.4 Å². The first-order valence-electron chi connectivity index (χ1n) is 9.05. The number of benzene rings is 1. The SMILES string of the molecule is Cn1nc(C(=O)NCC2(Cc3cccc(C4CC4)c3)CCC2)[nH]c1=O. The number of aromatic amines is 1. The number of hydrogen-bond acceptors (Lipinski definition) is 3. The zero-order valence-electron chi connectivity index (χ0n) is 14.5. The van der Waals surface area contributed by atoms with Crippen molar-refractivity contribution in [2.75, 3.05) is 6.54 Å². The second-order valence-electron chi connectivity index (χ2n) is 7.63. The molecule has 1 amide bonds. The van der Waals surface area contributed by atoms with Gasteiger partial charge in [-0.25, -0.2) is 9.48 Å². The van der Waals surface area contributed by atoms with E-state index in [1.807, 2.05) is 0 Å². The van der Waals surface area contributed by atoms with Crippen LogP contribution in [-0.2, 0) is 13.5 Å². The van der Waals surface area contributed by atoms with Crippen LogP contribution in [0.1, 0.15) is 59.8 Å². The summed E-state index contributed by atoms with van der Waals surface area (Å²) in [7, 11) is 1.52. The van der Waals surface area contributed by atoms with E-state index in [0.717, 1.165) is 29.9 Å². The summed E-state index contributed by atoms with van der Waals surface area (Å²) in [6.07, 6.45) is 7.07. The largest absolute Gasteiger partial charge is 0.349 e. The lowest BCUT2D eigenvalue weighted by Gasteiger charge is -2.42. The molecule has 2 saturated carbocycles. The van der Waals surface area contributed by atoms with Gasteiger partial charge in [-0.1, -0.05) is 30.7 Å². The summed E-state index contributed by atoms with van der Waals surface area (Å²) in [5, 5.41) is 6.88. The molecule has 0 aliphatic heterocycles. The van der Waals surface area contributed by atoms with Crippen LogP contribution >= 0.6 is 0 Å². The topological polar surface area (TPSA) is 79.8 Å². The first kappa shape index (κ1) is 16.1. The predicted molar refractivity (Wildman–Crippen MR) is 94.6 cm³/mol. The van der Waals surface area contributed by atoms with E-state index in [2.05, 4.69) is 39.7 Å². The monoisotopic (exact) mass is 340 g/mol. The van der Waals surface area contributed by atoms with E-state index < -0.39 is 0 Å². The molecule has 0 atom stereocenters. The molecule has 0 spiro atoms. The highest BCUT2D eigenvalue weighted by Gasteiger charge is 2.37. The molecule has 1 aromatic heterocycles. The Labute approximate surface area is 146 Å². The number of carbonyl (C=O) groups excluding carboxylic acids is 1. The molecule has 4 rings (SSSR count). The fourth-order valence-electron chi connectivity index (χ4n) is 3.76. The van der Waals surface area contributed by atoms with Crippen LogP contribution in [-0.4, -0.2) is 27.2 Å². The Hall–Kier alpha value is -2.37. The third-order valence-electron chi connectivity index (χ3n) is 5.60. The Bertz CT molecular complexity index is 843. The van der Waals surface area contributed by atoms with Crippen molar-refractivity contribution in [3.63, 3.8) is 0 Å². The summed E-state index contributed by atoms with van der Waals surface area (Å²) in [5.74, 6) is 0.534. The molecule has 0 saturated heterocycles. The number of rotatable bonds is 6. The first-order valence-corrected chi connectivity index (χ1v) is 9.05. The normalized spacial score (nSPS) is 18.6. The highest BCUT2D eigenvalue weighted by Crippen LogP contribution is 2.44. The summed E-state index contributed by atoms with van der Waals surface area (Å²) in [4.78, 5) is 26.1. The number of hydrogen-bond donors (Lipinski definition) is 2. The zero-order valence-corrected chi connectivity index (χ0v) is 14.5. The van der Waals surface area contributed by atoms with Gasteiger partial charge in [-0.2, -0.15) is 0 Å². The van der Waals surface area contributed by atoms with E-state index in [4.69, 9.17) is 0 Å². The lowest BCUT2D eigenvalue weighted by Crippen LogP contribution is -2.44. The van der Waals surface area contributed by atoms with E-state index in [-0.39, 0.29) is 22.8 Å². The Kier molecular flexibility index (Phi) is 3.98. The van der Waals surface area contributed by atoms with Gasteiger partial charge in [0.15, 0.2) is 0 Å². The fraction of sp³-hybridized carbons (Fsp3) is 0.526. The molecule has 1 aromatic carbocycles. The smallest absolute Gasteiger partial charge is 0.343 e. The van der Waals surface area contributed by atoms with Gasteiger partial charge in [0.05, 0.1) is 0 Å². The summed E-state index contributed by atoms with van der Waals surface area (Å²) in [6, 6.07) is 8.93. The van der Waals surface area contributed by atoms with Crippen molar-refractivity contribution in [3.8, 4) is 0 Å².